The molecule has 1 aliphatic heterocycles. The van der Waals surface area contributed by atoms with E-state index in [2.05, 4.69) is 25.7 Å². The fraction of sp³-hybridized carbons (Fsp3) is 1.00. The van der Waals surface area contributed by atoms with Crippen LogP contribution in [0, 0.1) is 11.3 Å². The van der Waals surface area contributed by atoms with E-state index in [1.807, 2.05) is 0 Å². The molecule has 0 aromatic rings. The molecule has 2 rings (SSSR count). The molecule has 3 unspecified atom stereocenters. The Morgan fingerprint density at radius 2 is 1.75 bits per heavy atom. The lowest BCUT2D eigenvalue weighted by molar-refractivity contribution is 0.00620. The monoisotopic (exact) mass is 225 g/mol. The third-order valence-corrected chi connectivity index (χ3v) is 4.75. The van der Waals surface area contributed by atoms with E-state index in [1.165, 1.54) is 32.4 Å². The van der Waals surface area contributed by atoms with Crippen LogP contribution in [0.15, 0.2) is 0 Å². The second kappa shape index (κ2) is 4.66. The lowest BCUT2D eigenvalue weighted by Gasteiger charge is -2.45. The Morgan fingerprint density at radius 1 is 1.12 bits per heavy atom. The summed E-state index contributed by atoms with van der Waals surface area (Å²) in [5, 5.41) is 9.80. The van der Waals surface area contributed by atoms with Crippen LogP contribution in [0.3, 0.4) is 0 Å². The molecule has 3 atom stereocenters. The van der Waals surface area contributed by atoms with Gasteiger partial charge in [0.25, 0.3) is 0 Å². The SMILES string of the molecule is CC1CCC(O)CC1N1CCC(C)(C)CC1. The second-order valence-electron chi connectivity index (χ2n) is 6.71. The molecule has 1 saturated heterocycles. The lowest BCUT2D eigenvalue weighted by Crippen LogP contribution is -2.49. The van der Waals surface area contributed by atoms with Crippen LogP contribution < -0.4 is 0 Å². The van der Waals surface area contributed by atoms with Gasteiger partial charge in [0, 0.05) is 6.04 Å². The third-order valence-electron chi connectivity index (χ3n) is 4.75. The van der Waals surface area contributed by atoms with Crippen molar-refractivity contribution in [2.75, 3.05) is 13.1 Å². The summed E-state index contributed by atoms with van der Waals surface area (Å²) in [6, 6.07) is 0.639. The highest BCUT2D eigenvalue weighted by Gasteiger charge is 2.34. The predicted molar refractivity (Wildman–Crippen MR) is 67.4 cm³/mol. The van der Waals surface area contributed by atoms with Crippen LogP contribution in [-0.4, -0.2) is 35.2 Å². The van der Waals surface area contributed by atoms with E-state index in [1.54, 1.807) is 0 Å². The summed E-state index contributed by atoms with van der Waals surface area (Å²) in [5.74, 6) is 0.768. The number of likely N-dealkylation sites (tertiary alicyclic amines) is 1. The van der Waals surface area contributed by atoms with E-state index in [9.17, 15) is 5.11 Å². The van der Waals surface area contributed by atoms with Gasteiger partial charge in [0.1, 0.15) is 0 Å². The number of aliphatic hydroxyl groups is 1. The molecule has 2 fully saturated rings. The van der Waals surface area contributed by atoms with Gasteiger partial charge in [-0.3, -0.25) is 4.90 Å². The molecule has 2 heteroatoms. The molecule has 0 amide bonds. The van der Waals surface area contributed by atoms with Crippen LogP contribution in [0.1, 0.15) is 52.9 Å². The highest BCUT2D eigenvalue weighted by Crippen LogP contribution is 2.35. The van der Waals surface area contributed by atoms with E-state index in [-0.39, 0.29) is 6.10 Å². The van der Waals surface area contributed by atoms with Crippen molar-refractivity contribution >= 4 is 0 Å². The maximum atomic E-state index is 9.80. The summed E-state index contributed by atoms with van der Waals surface area (Å²) < 4.78 is 0. The molecule has 0 aromatic heterocycles. The summed E-state index contributed by atoms with van der Waals surface area (Å²) in [6.07, 6.45) is 5.79. The van der Waals surface area contributed by atoms with Gasteiger partial charge >= 0.3 is 0 Å². The Balaban J connectivity index is 1.92. The number of piperidine rings is 1. The van der Waals surface area contributed by atoms with Gasteiger partial charge in [0.15, 0.2) is 0 Å². The molecule has 1 aliphatic carbocycles. The summed E-state index contributed by atoms with van der Waals surface area (Å²) in [4.78, 5) is 2.64. The van der Waals surface area contributed by atoms with Gasteiger partial charge in [-0.25, -0.2) is 0 Å². The first-order valence-electron chi connectivity index (χ1n) is 6.90. The molecule has 2 nitrogen and oxygen atoms in total. The van der Waals surface area contributed by atoms with Crippen molar-refractivity contribution in [3.63, 3.8) is 0 Å². The molecule has 1 N–H and O–H groups in total. The first-order chi connectivity index (χ1) is 7.48. The topological polar surface area (TPSA) is 23.5 Å². The zero-order valence-corrected chi connectivity index (χ0v) is 11.1. The number of nitrogens with zero attached hydrogens (tertiary/aromatic N) is 1. The van der Waals surface area contributed by atoms with Crippen LogP contribution >= 0.6 is 0 Å². The molecule has 1 heterocycles. The first-order valence-corrected chi connectivity index (χ1v) is 6.90. The van der Waals surface area contributed by atoms with Gasteiger partial charge in [-0.2, -0.15) is 0 Å². The molecule has 2 aliphatic rings. The first kappa shape index (κ1) is 12.4. The largest absolute Gasteiger partial charge is 0.393 e. The van der Waals surface area contributed by atoms with Crippen molar-refractivity contribution in [2.24, 2.45) is 11.3 Å². The normalized spacial score (nSPS) is 40.9. The fourth-order valence-corrected chi connectivity index (χ4v) is 3.25. The van der Waals surface area contributed by atoms with Crippen molar-refractivity contribution in [1.82, 2.24) is 4.90 Å². The molecule has 0 aromatic carbocycles. The maximum absolute atomic E-state index is 9.80. The van der Waals surface area contributed by atoms with Crippen LogP contribution in [0.25, 0.3) is 0 Å². The Hall–Kier alpha value is -0.0800. The van der Waals surface area contributed by atoms with Crippen molar-refractivity contribution < 1.29 is 5.11 Å². The summed E-state index contributed by atoms with van der Waals surface area (Å²) in [6.45, 7) is 9.58. The van der Waals surface area contributed by atoms with Crippen molar-refractivity contribution in [3.8, 4) is 0 Å². The lowest BCUT2D eigenvalue weighted by atomic mass is 9.78. The minimum atomic E-state index is -0.0452. The van der Waals surface area contributed by atoms with Crippen LogP contribution in [0.5, 0.6) is 0 Å². The summed E-state index contributed by atoms with van der Waals surface area (Å²) >= 11 is 0. The Bertz CT molecular complexity index is 229. The van der Waals surface area contributed by atoms with E-state index < -0.39 is 0 Å². The highest BCUT2D eigenvalue weighted by molar-refractivity contribution is 4.88. The fourth-order valence-electron chi connectivity index (χ4n) is 3.25. The number of rotatable bonds is 1. The molecule has 16 heavy (non-hydrogen) atoms. The highest BCUT2D eigenvalue weighted by atomic mass is 16.3. The van der Waals surface area contributed by atoms with E-state index in [4.69, 9.17) is 0 Å². The van der Waals surface area contributed by atoms with Crippen LogP contribution in [0.4, 0.5) is 0 Å². The van der Waals surface area contributed by atoms with E-state index >= 15 is 0 Å². The van der Waals surface area contributed by atoms with Gasteiger partial charge in [0.2, 0.25) is 0 Å². The van der Waals surface area contributed by atoms with Gasteiger partial charge < -0.3 is 5.11 Å². The zero-order chi connectivity index (χ0) is 11.8. The minimum absolute atomic E-state index is 0.0452. The molecule has 0 spiro atoms. The Kier molecular flexibility index (Phi) is 3.60. The number of aliphatic hydroxyl groups excluding tert-OH is 1. The Morgan fingerprint density at radius 3 is 2.38 bits per heavy atom. The molecule has 1 saturated carbocycles. The van der Waals surface area contributed by atoms with Crippen LogP contribution in [-0.2, 0) is 0 Å². The van der Waals surface area contributed by atoms with Crippen LogP contribution in [0.2, 0.25) is 0 Å². The molecule has 94 valence electrons. The van der Waals surface area contributed by atoms with Crippen molar-refractivity contribution in [1.29, 1.82) is 0 Å². The van der Waals surface area contributed by atoms with Crippen molar-refractivity contribution in [2.45, 2.75) is 65.0 Å². The van der Waals surface area contributed by atoms with E-state index in [0.29, 0.717) is 11.5 Å². The standard InChI is InChI=1S/C14H27NO/c1-11-4-5-12(16)10-13(11)15-8-6-14(2,3)7-9-15/h11-13,16H,4-10H2,1-3H3. The van der Waals surface area contributed by atoms with E-state index in [0.717, 1.165) is 18.8 Å². The van der Waals surface area contributed by atoms with Gasteiger partial charge in [-0.1, -0.05) is 20.8 Å². The second-order valence-corrected chi connectivity index (χ2v) is 6.71. The number of hydrogen-bond acceptors (Lipinski definition) is 2. The molecule has 0 bridgehead atoms. The average Bonchev–Trinajstić information content (AvgIpc) is 2.22. The summed E-state index contributed by atoms with van der Waals surface area (Å²) in [7, 11) is 0. The minimum Gasteiger partial charge on any atom is -0.393 e. The predicted octanol–water partition coefficient (Wildman–Crippen LogP) is 2.66. The third kappa shape index (κ3) is 2.78. The zero-order valence-electron chi connectivity index (χ0n) is 11.1. The van der Waals surface area contributed by atoms with Crippen molar-refractivity contribution in [3.05, 3.63) is 0 Å². The summed E-state index contributed by atoms with van der Waals surface area (Å²) in [5.41, 5.74) is 0.535. The number of hydrogen-bond donors (Lipinski definition) is 1. The smallest absolute Gasteiger partial charge is 0.0555 e. The maximum Gasteiger partial charge on any atom is 0.0555 e. The molecule has 0 radical (unpaired) electrons. The van der Waals surface area contributed by atoms with Gasteiger partial charge in [0.05, 0.1) is 6.10 Å². The van der Waals surface area contributed by atoms with Gasteiger partial charge in [-0.15, -0.1) is 0 Å². The Labute approximate surface area is 100 Å². The molecular formula is C14H27NO. The average molecular weight is 225 g/mol. The van der Waals surface area contributed by atoms with Gasteiger partial charge in [-0.05, 0) is 56.5 Å². The quantitative estimate of drug-likeness (QED) is 0.741. The molecular weight excluding hydrogens is 198 g/mol.